The molecule has 21 heavy (non-hydrogen) atoms. The van der Waals surface area contributed by atoms with Crippen molar-refractivity contribution in [2.45, 2.75) is 25.8 Å². The van der Waals surface area contributed by atoms with E-state index in [4.69, 9.17) is 11.6 Å². The van der Waals surface area contributed by atoms with Crippen molar-refractivity contribution in [1.29, 1.82) is 0 Å². The first kappa shape index (κ1) is 16.9. The van der Waals surface area contributed by atoms with Crippen LogP contribution in [0.1, 0.15) is 30.6 Å². The maximum absolute atomic E-state index is 6.22. The molecule has 1 atom stereocenters. The smallest absolute Gasteiger partial charge is 0.0719 e. The van der Waals surface area contributed by atoms with Crippen LogP contribution in [0.4, 0.5) is 0 Å². The fraction of sp³-hybridized carbons (Fsp3) is 0.333. The van der Waals surface area contributed by atoms with Gasteiger partial charge < -0.3 is 5.32 Å². The van der Waals surface area contributed by atoms with Crippen molar-refractivity contribution in [3.8, 4) is 0 Å². The number of halogens is 3. The minimum atomic E-state index is 0.104. The number of nitrogens with zero attached hydrogens (tertiary/aromatic N) is 2. The van der Waals surface area contributed by atoms with E-state index < -0.39 is 0 Å². The van der Waals surface area contributed by atoms with Crippen LogP contribution in [0.2, 0.25) is 5.02 Å². The van der Waals surface area contributed by atoms with Gasteiger partial charge in [-0.05, 0) is 68.9 Å². The second-order valence-electron chi connectivity index (χ2n) is 4.70. The molecule has 1 unspecified atom stereocenters. The minimum absolute atomic E-state index is 0.104. The SMILES string of the molecule is CCCNC(Cc1ccncc1Cl)c1ncc(Br)cc1Br. The molecule has 0 spiro atoms. The number of pyridine rings is 2. The zero-order chi connectivity index (χ0) is 15.2. The molecule has 0 aliphatic carbocycles. The predicted octanol–water partition coefficient (Wildman–Crippen LogP) is 4.94. The lowest BCUT2D eigenvalue weighted by Gasteiger charge is -2.20. The Hall–Kier alpha value is -0.490. The summed E-state index contributed by atoms with van der Waals surface area (Å²) >= 11 is 13.3. The summed E-state index contributed by atoms with van der Waals surface area (Å²) in [5, 5.41) is 4.22. The van der Waals surface area contributed by atoms with Gasteiger partial charge in [-0.1, -0.05) is 18.5 Å². The van der Waals surface area contributed by atoms with E-state index in [0.29, 0.717) is 5.02 Å². The van der Waals surface area contributed by atoms with Crippen LogP contribution in [-0.2, 0) is 6.42 Å². The van der Waals surface area contributed by atoms with Gasteiger partial charge in [0, 0.05) is 27.5 Å². The lowest BCUT2D eigenvalue weighted by atomic mass is 10.0. The van der Waals surface area contributed by atoms with Crippen molar-refractivity contribution >= 4 is 43.5 Å². The molecule has 0 radical (unpaired) electrons. The molecule has 0 fully saturated rings. The van der Waals surface area contributed by atoms with Gasteiger partial charge in [-0.2, -0.15) is 0 Å². The Morgan fingerprint density at radius 2 is 2.14 bits per heavy atom. The first-order valence-corrected chi connectivity index (χ1v) is 8.71. The molecule has 0 aromatic carbocycles. The number of rotatable bonds is 6. The molecule has 0 aliphatic heterocycles. The van der Waals surface area contributed by atoms with Crippen molar-refractivity contribution in [1.82, 2.24) is 15.3 Å². The van der Waals surface area contributed by atoms with E-state index >= 15 is 0 Å². The third-order valence-electron chi connectivity index (χ3n) is 3.09. The highest BCUT2D eigenvalue weighted by Crippen LogP contribution is 2.28. The topological polar surface area (TPSA) is 37.8 Å². The molecular weight excluding hydrogens is 417 g/mol. The summed E-state index contributed by atoms with van der Waals surface area (Å²) in [4.78, 5) is 8.57. The molecule has 0 saturated carbocycles. The molecule has 1 N–H and O–H groups in total. The Bertz CT molecular complexity index is 607. The van der Waals surface area contributed by atoms with Crippen LogP contribution in [0.3, 0.4) is 0 Å². The largest absolute Gasteiger partial charge is 0.308 e. The molecule has 0 saturated heterocycles. The van der Waals surface area contributed by atoms with Crippen LogP contribution >= 0.6 is 43.5 Å². The van der Waals surface area contributed by atoms with E-state index in [0.717, 1.165) is 39.6 Å². The first-order chi connectivity index (χ1) is 10.1. The highest BCUT2D eigenvalue weighted by Gasteiger charge is 2.17. The summed E-state index contributed by atoms with van der Waals surface area (Å²) in [7, 11) is 0. The normalized spacial score (nSPS) is 12.4. The third-order valence-corrected chi connectivity index (χ3v) is 4.50. The maximum Gasteiger partial charge on any atom is 0.0719 e. The highest BCUT2D eigenvalue weighted by molar-refractivity contribution is 9.11. The maximum atomic E-state index is 6.22. The van der Waals surface area contributed by atoms with Crippen LogP contribution < -0.4 is 5.32 Å². The van der Waals surface area contributed by atoms with Crippen LogP contribution in [0, 0.1) is 0 Å². The molecule has 2 heterocycles. The quantitative estimate of drug-likeness (QED) is 0.701. The number of hydrogen-bond donors (Lipinski definition) is 1. The molecule has 2 aromatic heterocycles. The predicted molar refractivity (Wildman–Crippen MR) is 93.6 cm³/mol. The van der Waals surface area contributed by atoms with E-state index in [1.54, 1.807) is 12.4 Å². The summed E-state index contributed by atoms with van der Waals surface area (Å²) in [5.74, 6) is 0. The molecule has 0 bridgehead atoms. The van der Waals surface area contributed by atoms with Crippen LogP contribution in [0.15, 0.2) is 39.7 Å². The number of hydrogen-bond acceptors (Lipinski definition) is 3. The first-order valence-electron chi connectivity index (χ1n) is 6.74. The fourth-order valence-electron chi connectivity index (χ4n) is 2.06. The molecule has 6 heteroatoms. The Labute approximate surface area is 146 Å². The highest BCUT2D eigenvalue weighted by atomic mass is 79.9. The second-order valence-corrected chi connectivity index (χ2v) is 6.88. The second kappa shape index (κ2) is 8.22. The van der Waals surface area contributed by atoms with Crippen molar-refractivity contribution in [2.75, 3.05) is 6.54 Å². The summed E-state index contributed by atoms with van der Waals surface area (Å²) in [5.41, 5.74) is 2.05. The van der Waals surface area contributed by atoms with Gasteiger partial charge >= 0.3 is 0 Å². The number of aromatic nitrogens is 2. The molecular formula is C15H16Br2ClN3. The molecule has 2 aromatic rings. The minimum Gasteiger partial charge on any atom is -0.308 e. The molecule has 0 aliphatic rings. The van der Waals surface area contributed by atoms with Gasteiger partial charge in [0.05, 0.1) is 16.8 Å². The molecule has 112 valence electrons. The average Bonchev–Trinajstić information content (AvgIpc) is 2.46. The van der Waals surface area contributed by atoms with Gasteiger partial charge in [-0.15, -0.1) is 0 Å². The average molecular weight is 434 g/mol. The Kier molecular flexibility index (Phi) is 6.61. The molecule has 0 amide bonds. The zero-order valence-corrected chi connectivity index (χ0v) is 15.5. The van der Waals surface area contributed by atoms with Crippen molar-refractivity contribution in [3.05, 3.63) is 55.9 Å². The van der Waals surface area contributed by atoms with Crippen LogP contribution in [0.25, 0.3) is 0 Å². The van der Waals surface area contributed by atoms with E-state index in [9.17, 15) is 0 Å². The summed E-state index contributed by atoms with van der Waals surface area (Å²) in [6.07, 6.45) is 7.10. The van der Waals surface area contributed by atoms with Gasteiger partial charge in [0.1, 0.15) is 0 Å². The zero-order valence-electron chi connectivity index (χ0n) is 11.6. The van der Waals surface area contributed by atoms with E-state index in [-0.39, 0.29) is 6.04 Å². The monoisotopic (exact) mass is 431 g/mol. The Morgan fingerprint density at radius 1 is 1.33 bits per heavy atom. The fourth-order valence-corrected chi connectivity index (χ4v) is 3.52. The van der Waals surface area contributed by atoms with Gasteiger partial charge in [0.2, 0.25) is 0 Å². The van der Waals surface area contributed by atoms with Gasteiger partial charge in [-0.3, -0.25) is 9.97 Å². The summed E-state index contributed by atoms with van der Waals surface area (Å²) < 4.78 is 1.94. The van der Waals surface area contributed by atoms with E-state index in [1.165, 1.54) is 0 Å². The Balaban J connectivity index is 2.27. The summed E-state index contributed by atoms with van der Waals surface area (Å²) in [6, 6.07) is 4.07. The van der Waals surface area contributed by atoms with E-state index in [1.807, 2.05) is 18.3 Å². The standard InChI is InChI=1S/C15H16Br2ClN3/c1-2-4-20-14(6-10-3-5-19-9-13(10)18)15-12(17)7-11(16)8-21-15/h3,5,7-9,14,20H,2,4,6H2,1H3. The Morgan fingerprint density at radius 3 is 2.81 bits per heavy atom. The van der Waals surface area contributed by atoms with Gasteiger partial charge in [-0.25, -0.2) is 0 Å². The summed E-state index contributed by atoms with van der Waals surface area (Å²) in [6.45, 7) is 3.07. The van der Waals surface area contributed by atoms with E-state index in [2.05, 4.69) is 54.1 Å². The lowest BCUT2D eigenvalue weighted by Crippen LogP contribution is -2.25. The third kappa shape index (κ3) is 4.74. The van der Waals surface area contributed by atoms with Crippen molar-refractivity contribution in [2.24, 2.45) is 0 Å². The lowest BCUT2D eigenvalue weighted by molar-refractivity contribution is 0.515. The molecule has 2 rings (SSSR count). The van der Waals surface area contributed by atoms with Crippen molar-refractivity contribution in [3.63, 3.8) is 0 Å². The van der Waals surface area contributed by atoms with Crippen molar-refractivity contribution < 1.29 is 0 Å². The molecule has 3 nitrogen and oxygen atoms in total. The van der Waals surface area contributed by atoms with Crippen LogP contribution in [-0.4, -0.2) is 16.5 Å². The van der Waals surface area contributed by atoms with Crippen LogP contribution in [0.5, 0.6) is 0 Å². The van der Waals surface area contributed by atoms with Gasteiger partial charge in [0.15, 0.2) is 0 Å². The van der Waals surface area contributed by atoms with Gasteiger partial charge in [0.25, 0.3) is 0 Å². The number of nitrogens with one attached hydrogen (secondary N) is 1.